The van der Waals surface area contributed by atoms with Crippen LogP contribution in [-0.4, -0.2) is 29.2 Å². The van der Waals surface area contributed by atoms with Gasteiger partial charge in [0.2, 0.25) is 0 Å². The monoisotopic (exact) mass is 385 g/mol. The number of carbonyl (C=O) groups excluding carboxylic acids is 2. The fraction of sp³-hybridized carbons (Fsp3) is 0.364. The predicted octanol–water partition coefficient (Wildman–Crippen LogP) is 4.30. The van der Waals surface area contributed by atoms with Crippen LogP contribution in [-0.2, 0) is 27.3 Å². The fourth-order valence-corrected chi connectivity index (χ4v) is 3.16. The van der Waals surface area contributed by atoms with Crippen molar-refractivity contribution in [2.24, 2.45) is 5.41 Å². The van der Waals surface area contributed by atoms with Crippen molar-refractivity contribution in [2.75, 3.05) is 0 Å². The highest BCUT2D eigenvalue weighted by Gasteiger charge is 2.50. The minimum atomic E-state index is -0.821. The summed E-state index contributed by atoms with van der Waals surface area (Å²) in [7, 11) is 0. The number of hydrogen-bond donors (Lipinski definition) is 0. The predicted molar refractivity (Wildman–Crippen MR) is 102 cm³/mol. The molecule has 0 radical (unpaired) electrons. The van der Waals surface area contributed by atoms with Gasteiger partial charge >= 0.3 is 12.1 Å². The summed E-state index contributed by atoms with van der Waals surface area (Å²) in [5.74, 6) is -0.842. The van der Waals surface area contributed by atoms with Crippen LogP contribution in [0.4, 0.5) is 9.18 Å². The third-order valence-electron chi connectivity index (χ3n) is 4.59. The van der Waals surface area contributed by atoms with Gasteiger partial charge in [-0.1, -0.05) is 63.2 Å². The SMILES string of the molecule is CC(C)(C)[C@@H]1OC(=O)[C@H](Cc2ccc(F)cc2)N1C(=O)OCc1ccccc1. The van der Waals surface area contributed by atoms with Gasteiger partial charge in [-0.05, 0) is 23.3 Å². The molecule has 1 aliphatic rings. The summed E-state index contributed by atoms with van der Waals surface area (Å²) in [6, 6.07) is 14.4. The maximum absolute atomic E-state index is 13.2. The molecule has 2 aromatic carbocycles. The largest absolute Gasteiger partial charge is 0.444 e. The van der Waals surface area contributed by atoms with E-state index in [1.165, 1.54) is 17.0 Å². The standard InChI is InChI=1S/C22H24FNO4/c1-22(2,3)20-24(21(26)27-14-16-7-5-4-6-8-16)18(19(25)28-20)13-15-9-11-17(23)12-10-15/h4-12,18,20H,13-14H2,1-3H3/t18-,20-/m0/s1. The average molecular weight is 385 g/mol. The number of cyclic esters (lactones) is 1. The summed E-state index contributed by atoms with van der Waals surface area (Å²) in [6.45, 7) is 5.78. The van der Waals surface area contributed by atoms with E-state index in [0.29, 0.717) is 0 Å². The number of hydrogen-bond acceptors (Lipinski definition) is 4. The van der Waals surface area contributed by atoms with E-state index < -0.39 is 29.7 Å². The Kier molecular flexibility index (Phi) is 5.68. The number of nitrogens with zero attached hydrogens (tertiary/aromatic N) is 1. The maximum Gasteiger partial charge on any atom is 0.413 e. The van der Waals surface area contributed by atoms with Crippen LogP contribution >= 0.6 is 0 Å². The number of rotatable bonds is 4. The Morgan fingerprint density at radius 2 is 1.71 bits per heavy atom. The van der Waals surface area contributed by atoms with Crippen molar-refractivity contribution in [1.29, 1.82) is 0 Å². The molecule has 1 fully saturated rings. The van der Waals surface area contributed by atoms with Gasteiger partial charge in [-0.2, -0.15) is 0 Å². The number of amides is 1. The molecule has 0 spiro atoms. The van der Waals surface area contributed by atoms with Gasteiger partial charge < -0.3 is 9.47 Å². The molecule has 1 amide bonds. The van der Waals surface area contributed by atoms with Crippen molar-refractivity contribution in [3.63, 3.8) is 0 Å². The highest BCUT2D eigenvalue weighted by atomic mass is 19.1. The van der Waals surface area contributed by atoms with Crippen molar-refractivity contribution < 1.29 is 23.5 Å². The first-order valence-electron chi connectivity index (χ1n) is 9.19. The molecule has 1 aliphatic heterocycles. The third kappa shape index (κ3) is 4.50. The van der Waals surface area contributed by atoms with Crippen LogP contribution in [0.2, 0.25) is 0 Å². The van der Waals surface area contributed by atoms with Crippen LogP contribution in [0.1, 0.15) is 31.9 Å². The molecule has 28 heavy (non-hydrogen) atoms. The highest BCUT2D eigenvalue weighted by Crippen LogP contribution is 2.34. The van der Waals surface area contributed by atoms with E-state index in [4.69, 9.17) is 9.47 Å². The first-order chi connectivity index (χ1) is 13.3. The van der Waals surface area contributed by atoms with Gasteiger partial charge in [0.1, 0.15) is 18.5 Å². The summed E-state index contributed by atoms with van der Waals surface area (Å²) in [5.41, 5.74) is 1.10. The molecule has 2 aromatic rings. The van der Waals surface area contributed by atoms with Crippen LogP contribution in [0.3, 0.4) is 0 Å². The van der Waals surface area contributed by atoms with Gasteiger partial charge in [-0.15, -0.1) is 0 Å². The van der Waals surface area contributed by atoms with Crippen LogP contribution in [0.15, 0.2) is 54.6 Å². The molecule has 0 unspecified atom stereocenters. The van der Waals surface area contributed by atoms with Gasteiger partial charge in [0.15, 0.2) is 6.23 Å². The quantitative estimate of drug-likeness (QED) is 0.736. The van der Waals surface area contributed by atoms with Crippen molar-refractivity contribution in [3.8, 4) is 0 Å². The highest BCUT2D eigenvalue weighted by molar-refractivity contribution is 5.85. The maximum atomic E-state index is 13.2. The second-order valence-electron chi connectivity index (χ2n) is 7.95. The Balaban J connectivity index is 1.80. The molecule has 1 saturated heterocycles. The van der Waals surface area contributed by atoms with Crippen molar-refractivity contribution in [3.05, 3.63) is 71.5 Å². The second-order valence-corrected chi connectivity index (χ2v) is 7.95. The Morgan fingerprint density at radius 3 is 2.32 bits per heavy atom. The van der Waals surface area contributed by atoms with Crippen molar-refractivity contribution >= 4 is 12.1 Å². The summed E-state index contributed by atoms with van der Waals surface area (Å²) >= 11 is 0. The zero-order valence-electron chi connectivity index (χ0n) is 16.2. The molecule has 6 heteroatoms. The van der Waals surface area contributed by atoms with Crippen molar-refractivity contribution in [1.82, 2.24) is 4.90 Å². The number of ether oxygens (including phenoxy) is 2. The lowest BCUT2D eigenvalue weighted by Gasteiger charge is -2.33. The summed E-state index contributed by atoms with van der Waals surface area (Å²) in [4.78, 5) is 26.8. The second kappa shape index (κ2) is 8.00. The van der Waals surface area contributed by atoms with E-state index in [2.05, 4.69) is 0 Å². The summed E-state index contributed by atoms with van der Waals surface area (Å²) < 4.78 is 24.2. The Morgan fingerprint density at radius 1 is 1.07 bits per heavy atom. The number of carbonyl (C=O) groups is 2. The van der Waals surface area contributed by atoms with E-state index >= 15 is 0 Å². The normalized spacial score (nSPS) is 19.4. The molecule has 0 aromatic heterocycles. The van der Waals surface area contributed by atoms with Crippen LogP contribution < -0.4 is 0 Å². The average Bonchev–Trinajstić information content (AvgIpc) is 2.99. The van der Waals surface area contributed by atoms with E-state index in [-0.39, 0.29) is 18.8 Å². The van der Waals surface area contributed by atoms with E-state index in [1.54, 1.807) is 12.1 Å². The van der Waals surface area contributed by atoms with Gasteiger partial charge in [0, 0.05) is 11.8 Å². The van der Waals surface area contributed by atoms with E-state index in [0.717, 1.165) is 11.1 Å². The molecule has 148 valence electrons. The Labute approximate surface area is 164 Å². The smallest absolute Gasteiger partial charge is 0.413 e. The molecule has 2 atom stereocenters. The van der Waals surface area contributed by atoms with Crippen molar-refractivity contribution in [2.45, 2.75) is 46.1 Å². The van der Waals surface area contributed by atoms with Gasteiger partial charge in [-0.25, -0.2) is 14.0 Å². The van der Waals surface area contributed by atoms with Gasteiger partial charge in [0.05, 0.1) is 0 Å². The zero-order valence-corrected chi connectivity index (χ0v) is 16.2. The topological polar surface area (TPSA) is 55.8 Å². The molecular formula is C22H24FNO4. The van der Waals surface area contributed by atoms with Gasteiger partial charge in [-0.3, -0.25) is 4.90 Å². The molecule has 1 heterocycles. The zero-order chi connectivity index (χ0) is 20.3. The molecule has 0 N–H and O–H groups in total. The molecule has 0 bridgehead atoms. The lowest BCUT2D eigenvalue weighted by molar-refractivity contribution is -0.147. The minimum Gasteiger partial charge on any atom is -0.444 e. The number of benzene rings is 2. The summed E-state index contributed by atoms with van der Waals surface area (Å²) in [5, 5.41) is 0. The van der Waals surface area contributed by atoms with E-state index in [1.807, 2.05) is 51.1 Å². The Hall–Kier alpha value is -2.89. The van der Waals surface area contributed by atoms with E-state index in [9.17, 15) is 14.0 Å². The fourth-order valence-electron chi connectivity index (χ4n) is 3.16. The molecular weight excluding hydrogens is 361 g/mol. The van der Waals surface area contributed by atoms with Crippen LogP contribution in [0.5, 0.6) is 0 Å². The summed E-state index contributed by atoms with van der Waals surface area (Å²) in [6.07, 6.45) is -1.12. The first-order valence-corrected chi connectivity index (χ1v) is 9.19. The molecule has 5 nitrogen and oxygen atoms in total. The third-order valence-corrected chi connectivity index (χ3v) is 4.59. The Bertz CT molecular complexity index is 830. The molecule has 0 saturated carbocycles. The van der Waals surface area contributed by atoms with Crippen LogP contribution in [0, 0.1) is 11.2 Å². The molecule has 0 aliphatic carbocycles. The lowest BCUT2D eigenvalue weighted by atomic mass is 9.93. The number of esters is 1. The van der Waals surface area contributed by atoms with Crippen LogP contribution in [0.25, 0.3) is 0 Å². The lowest BCUT2D eigenvalue weighted by Crippen LogP contribution is -2.48. The van der Waals surface area contributed by atoms with Gasteiger partial charge in [0.25, 0.3) is 0 Å². The first kappa shape index (κ1) is 19.9. The number of halogens is 1. The minimum absolute atomic E-state index is 0.102. The molecule has 3 rings (SSSR count).